The fourth-order valence-electron chi connectivity index (χ4n) is 0.797. The van der Waals surface area contributed by atoms with Crippen LogP contribution in [0.4, 0.5) is 0 Å². The van der Waals surface area contributed by atoms with Crippen molar-refractivity contribution in [3.05, 3.63) is 11.4 Å². The van der Waals surface area contributed by atoms with Gasteiger partial charge in [-0.05, 0) is 25.3 Å². The first-order valence-corrected chi connectivity index (χ1v) is 4.46. The van der Waals surface area contributed by atoms with Crippen LogP contribution in [0.25, 0.3) is 0 Å². The molecule has 0 fully saturated rings. The molecule has 1 rings (SSSR count). The van der Waals surface area contributed by atoms with Gasteiger partial charge in [0.2, 0.25) is 0 Å². The zero-order chi connectivity index (χ0) is 6.20. The number of hydrogen-bond acceptors (Lipinski definition) is 2. The number of rotatable bonds is 0. The van der Waals surface area contributed by atoms with Crippen molar-refractivity contribution in [2.75, 3.05) is 6.16 Å². The first-order valence-electron chi connectivity index (χ1n) is 2.58. The van der Waals surface area contributed by atoms with E-state index < -0.39 is 7.37 Å². The van der Waals surface area contributed by atoms with Gasteiger partial charge in [0.1, 0.15) is 0 Å². The van der Waals surface area contributed by atoms with E-state index in [1.165, 1.54) is 5.82 Å². The molecule has 0 aliphatic carbocycles. The largest absolute Gasteiger partial charge is 1.00 e. The number of allylic oxidation sites excluding steroid dienone is 1. The van der Waals surface area contributed by atoms with Gasteiger partial charge < -0.3 is 9.46 Å². The predicted octanol–water partition coefficient (Wildman–Crippen LogP) is -2.06. The zero-order valence-corrected chi connectivity index (χ0v) is 8.65. The summed E-state index contributed by atoms with van der Waals surface area (Å²) in [5.41, 5.74) is 0.989. The maximum atomic E-state index is 10.6. The molecule has 0 aromatic rings. The van der Waals surface area contributed by atoms with Crippen LogP contribution in [-0.4, -0.2) is 6.16 Å². The van der Waals surface area contributed by atoms with Crippen LogP contribution in [0, 0.1) is 0 Å². The molecule has 0 saturated heterocycles. The summed E-state index contributed by atoms with van der Waals surface area (Å²) >= 11 is 0. The normalized spacial score (nSPS) is 33.3. The monoisotopic (exact) mass is 154 g/mol. The van der Waals surface area contributed by atoms with Gasteiger partial charge in [-0.25, -0.2) is 0 Å². The molecular formula is C5H8NaO2P. The molecule has 4 heteroatoms. The molecule has 0 spiro atoms. The molecule has 1 aliphatic rings. The molecule has 9 heavy (non-hydrogen) atoms. The van der Waals surface area contributed by atoms with Gasteiger partial charge in [-0.3, -0.25) is 0 Å². The minimum atomic E-state index is -3.01. The van der Waals surface area contributed by atoms with Crippen molar-refractivity contribution in [2.24, 2.45) is 0 Å². The summed E-state index contributed by atoms with van der Waals surface area (Å²) in [6.07, 6.45) is 1.08. The van der Waals surface area contributed by atoms with Crippen LogP contribution in [0.2, 0.25) is 0 Å². The van der Waals surface area contributed by atoms with E-state index in [-0.39, 0.29) is 29.6 Å². The minimum Gasteiger partial charge on any atom is -0.796 e. The van der Waals surface area contributed by atoms with E-state index in [0.717, 1.165) is 12.0 Å². The molecule has 0 saturated carbocycles. The third-order valence-electron chi connectivity index (χ3n) is 1.23. The van der Waals surface area contributed by atoms with Crippen molar-refractivity contribution in [2.45, 2.75) is 13.3 Å². The van der Waals surface area contributed by atoms with Gasteiger partial charge in [-0.1, -0.05) is 5.57 Å². The molecule has 0 N–H and O–H groups in total. The Morgan fingerprint density at radius 3 is 2.44 bits per heavy atom. The van der Waals surface area contributed by atoms with E-state index >= 15 is 0 Å². The zero-order valence-electron chi connectivity index (χ0n) is 5.76. The van der Waals surface area contributed by atoms with Crippen LogP contribution in [0.1, 0.15) is 13.3 Å². The smallest absolute Gasteiger partial charge is 0.796 e. The van der Waals surface area contributed by atoms with Crippen LogP contribution in [0.3, 0.4) is 0 Å². The van der Waals surface area contributed by atoms with Crippen molar-refractivity contribution in [1.29, 1.82) is 0 Å². The van der Waals surface area contributed by atoms with Gasteiger partial charge in [-0.15, -0.1) is 0 Å². The molecule has 46 valence electrons. The third kappa shape index (κ3) is 3.01. The maximum absolute atomic E-state index is 10.6. The van der Waals surface area contributed by atoms with Crippen LogP contribution in [0.5, 0.6) is 0 Å². The van der Waals surface area contributed by atoms with Crippen molar-refractivity contribution in [3.8, 4) is 0 Å². The molecule has 1 heterocycles. The molecule has 0 amide bonds. The maximum Gasteiger partial charge on any atom is 1.00 e. The quantitative estimate of drug-likeness (QED) is 0.297. The SMILES string of the molecule is CC1=CP(=O)([O-])CC1.[Na+]. The minimum absolute atomic E-state index is 0. The van der Waals surface area contributed by atoms with E-state index in [0.29, 0.717) is 6.16 Å². The second-order valence-electron chi connectivity index (χ2n) is 2.18. The molecule has 1 atom stereocenters. The van der Waals surface area contributed by atoms with Crippen LogP contribution in [-0.2, 0) is 4.57 Å². The molecule has 1 unspecified atom stereocenters. The third-order valence-corrected chi connectivity index (χ3v) is 2.92. The van der Waals surface area contributed by atoms with Gasteiger partial charge in [0.25, 0.3) is 0 Å². The van der Waals surface area contributed by atoms with Gasteiger partial charge >= 0.3 is 29.6 Å². The Kier molecular flexibility index (Phi) is 3.71. The van der Waals surface area contributed by atoms with Crippen molar-refractivity contribution >= 4 is 7.37 Å². The molecule has 0 aromatic carbocycles. The molecule has 0 aromatic heterocycles. The van der Waals surface area contributed by atoms with Gasteiger partial charge in [0.15, 0.2) is 0 Å². The topological polar surface area (TPSA) is 40.1 Å². The van der Waals surface area contributed by atoms with Crippen molar-refractivity contribution in [3.63, 3.8) is 0 Å². The Morgan fingerprint density at radius 2 is 2.33 bits per heavy atom. The second-order valence-corrected chi connectivity index (χ2v) is 4.33. The molecule has 0 radical (unpaired) electrons. The summed E-state index contributed by atoms with van der Waals surface area (Å²) in [6.45, 7) is 1.84. The summed E-state index contributed by atoms with van der Waals surface area (Å²) in [5, 5.41) is 0. The summed E-state index contributed by atoms with van der Waals surface area (Å²) < 4.78 is 10.6. The fourth-order valence-corrected chi connectivity index (χ4v) is 2.39. The summed E-state index contributed by atoms with van der Waals surface area (Å²) in [7, 11) is -3.01. The average Bonchev–Trinajstić information content (AvgIpc) is 1.82. The Bertz CT molecular complexity index is 176. The first kappa shape index (κ1) is 9.93. The fraction of sp³-hybridized carbons (Fsp3) is 0.600. The van der Waals surface area contributed by atoms with Gasteiger partial charge in [0, 0.05) is 7.37 Å². The Hall–Kier alpha value is 0.930. The van der Waals surface area contributed by atoms with E-state index in [2.05, 4.69) is 0 Å². The van der Waals surface area contributed by atoms with E-state index in [1.54, 1.807) is 0 Å². The Labute approximate surface area is 77.1 Å². The van der Waals surface area contributed by atoms with Crippen LogP contribution >= 0.6 is 7.37 Å². The molecule has 2 nitrogen and oxygen atoms in total. The summed E-state index contributed by atoms with van der Waals surface area (Å²) in [6, 6.07) is 0. The van der Waals surface area contributed by atoms with Crippen molar-refractivity contribution < 1.29 is 39.0 Å². The number of hydrogen-bond donors (Lipinski definition) is 0. The van der Waals surface area contributed by atoms with Gasteiger partial charge in [-0.2, -0.15) is 0 Å². The van der Waals surface area contributed by atoms with Crippen molar-refractivity contribution in [1.82, 2.24) is 0 Å². The first-order chi connectivity index (χ1) is 3.60. The second kappa shape index (κ2) is 3.36. The Balaban J connectivity index is 0.000000640. The van der Waals surface area contributed by atoms with Crippen LogP contribution in [0.15, 0.2) is 11.4 Å². The van der Waals surface area contributed by atoms with Gasteiger partial charge in [0.05, 0.1) is 0 Å². The summed E-state index contributed by atoms with van der Waals surface area (Å²) in [5.74, 6) is 1.38. The van der Waals surface area contributed by atoms with E-state index in [1.807, 2.05) is 6.92 Å². The average molecular weight is 154 g/mol. The Morgan fingerprint density at radius 1 is 1.78 bits per heavy atom. The standard InChI is InChI=1S/C5H9O2P.Na/c1-5-2-3-8(6,7)4-5;/h4H,2-3H2,1H3,(H,6,7);/q;+1/p-1. The van der Waals surface area contributed by atoms with E-state index in [9.17, 15) is 9.46 Å². The molecule has 0 bridgehead atoms. The molecular weight excluding hydrogens is 146 g/mol. The predicted molar refractivity (Wildman–Crippen MR) is 30.8 cm³/mol. The van der Waals surface area contributed by atoms with Crippen LogP contribution < -0.4 is 34.5 Å². The summed E-state index contributed by atoms with van der Waals surface area (Å²) in [4.78, 5) is 10.6. The van der Waals surface area contributed by atoms with E-state index in [4.69, 9.17) is 0 Å². The molecule has 1 aliphatic heterocycles.